The molecule has 0 spiro atoms. The van der Waals surface area contributed by atoms with E-state index in [2.05, 4.69) is 5.32 Å². The van der Waals surface area contributed by atoms with Gasteiger partial charge in [0.15, 0.2) is 0 Å². The molecule has 0 saturated heterocycles. The number of amides is 2. The van der Waals surface area contributed by atoms with Crippen LogP contribution in [-0.2, 0) is 11.0 Å². The molecule has 0 heterocycles. The first kappa shape index (κ1) is 27.9. The molecule has 3 aromatic rings. The van der Waals surface area contributed by atoms with Crippen LogP contribution in [-0.4, -0.2) is 36.7 Å². The van der Waals surface area contributed by atoms with Crippen LogP contribution < -0.4 is 15.0 Å². The van der Waals surface area contributed by atoms with E-state index in [9.17, 15) is 27.9 Å². The van der Waals surface area contributed by atoms with Crippen molar-refractivity contribution in [1.29, 1.82) is 0 Å². The molecule has 3 aromatic carbocycles. The first-order valence-corrected chi connectivity index (χ1v) is 12.7. The van der Waals surface area contributed by atoms with Gasteiger partial charge in [0, 0.05) is 17.8 Å². The second-order valence-electron chi connectivity index (χ2n) is 9.21. The maximum Gasteiger partial charge on any atom is 0.416 e. The largest absolute Gasteiger partial charge is 0.494 e. The Morgan fingerprint density at radius 2 is 1.64 bits per heavy atom. The predicted molar refractivity (Wildman–Crippen MR) is 142 cm³/mol. The van der Waals surface area contributed by atoms with Gasteiger partial charge < -0.3 is 15.2 Å². The molecule has 2 amide bonds. The summed E-state index contributed by atoms with van der Waals surface area (Å²) in [5.41, 5.74) is -0.0120. The van der Waals surface area contributed by atoms with E-state index in [4.69, 9.17) is 4.74 Å². The zero-order valence-corrected chi connectivity index (χ0v) is 21.2. The van der Waals surface area contributed by atoms with Crippen molar-refractivity contribution in [2.24, 2.45) is 5.92 Å². The Morgan fingerprint density at radius 3 is 2.23 bits per heavy atom. The number of rotatable bonds is 11. The lowest BCUT2D eigenvalue weighted by Crippen LogP contribution is -2.39. The average molecular weight is 539 g/mol. The van der Waals surface area contributed by atoms with Gasteiger partial charge in [0.1, 0.15) is 11.4 Å². The van der Waals surface area contributed by atoms with Gasteiger partial charge in [-0.1, -0.05) is 43.2 Å². The molecule has 1 aliphatic carbocycles. The summed E-state index contributed by atoms with van der Waals surface area (Å²) in [7, 11) is 0. The van der Waals surface area contributed by atoms with Gasteiger partial charge >= 0.3 is 6.18 Å². The van der Waals surface area contributed by atoms with E-state index in [-0.39, 0.29) is 30.0 Å². The third-order valence-electron chi connectivity index (χ3n) is 6.22. The Bertz CT molecular complexity index is 1290. The van der Waals surface area contributed by atoms with Crippen molar-refractivity contribution in [3.63, 3.8) is 0 Å². The average Bonchev–Trinajstić information content (AvgIpc) is 3.76. The van der Waals surface area contributed by atoms with Crippen LogP contribution in [0, 0.1) is 5.92 Å². The third-order valence-corrected chi connectivity index (χ3v) is 6.22. The van der Waals surface area contributed by atoms with Gasteiger partial charge in [0.05, 0.1) is 18.8 Å². The number of nitrogens with zero attached hydrogens (tertiary/aromatic N) is 1. The topological polar surface area (TPSA) is 78.9 Å². The summed E-state index contributed by atoms with van der Waals surface area (Å²) in [5, 5.41) is 11.8. The lowest BCUT2D eigenvalue weighted by atomic mass is 10.1. The highest BCUT2D eigenvalue weighted by molar-refractivity contribution is 6.16. The molecule has 6 nitrogen and oxygen atoms in total. The van der Waals surface area contributed by atoms with E-state index >= 15 is 0 Å². The van der Waals surface area contributed by atoms with Gasteiger partial charge in [-0.3, -0.25) is 14.5 Å². The fourth-order valence-corrected chi connectivity index (χ4v) is 3.93. The van der Waals surface area contributed by atoms with Crippen LogP contribution in [0.2, 0.25) is 0 Å². The van der Waals surface area contributed by atoms with Crippen LogP contribution in [0.1, 0.15) is 40.7 Å². The number of carbonyl (C=O) groups excluding carboxylic acids is 2. The number of benzene rings is 3. The van der Waals surface area contributed by atoms with Crippen molar-refractivity contribution in [2.45, 2.75) is 25.4 Å². The minimum Gasteiger partial charge on any atom is -0.494 e. The van der Waals surface area contributed by atoms with Gasteiger partial charge in [-0.15, -0.1) is 0 Å². The number of para-hydroxylation sites is 1. The number of aliphatic hydroxyl groups excluding tert-OH is 1. The second kappa shape index (κ2) is 12.6. The Morgan fingerprint density at radius 1 is 0.974 bits per heavy atom. The number of hydrogen-bond donors (Lipinski definition) is 2. The first-order chi connectivity index (χ1) is 18.8. The van der Waals surface area contributed by atoms with Crippen LogP contribution in [0.4, 0.5) is 18.9 Å². The molecule has 4 rings (SSSR count). The summed E-state index contributed by atoms with van der Waals surface area (Å²) in [6, 6.07) is 19.3. The number of alkyl halides is 3. The molecule has 0 aromatic heterocycles. The zero-order chi connectivity index (χ0) is 27.8. The molecule has 0 aliphatic heterocycles. The molecule has 0 unspecified atom stereocenters. The second-order valence-corrected chi connectivity index (χ2v) is 9.21. The van der Waals surface area contributed by atoms with Crippen LogP contribution in [0.25, 0.3) is 6.08 Å². The molecule has 0 bridgehead atoms. The number of aliphatic hydroxyl groups is 1. The quantitative estimate of drug-likeness (QED) is 0.308. The van der Waals surface area contributed by atoms with Gasteiger partial charge in [-0.25, -0.2) is 0 Å². The van der Waals surface area contributed by atoms with Crippen LogP contribution in [0.3, 0.4) is 0 Å². The normalized spacial score (nSPS) is 13.6. The van der Waals surface area contributed by atoms with Crippen LogP contribution in [0.15, 0.2) is 84.6 Å². The molecule has 9 heteroatoms. The summed E-state index contributed by atoms with van der Waals surface area (Å²) in [5.74, 6) is 0.154. The van der Waals surface area contributed by atoms with Crippen molar-refractivity contribution in [3.05, 3.63) is 101 Å². The van der Waals surface area contributed by atoms with E-state index in [1.54, 1.807) is 54.6 Å². The molecule has 1 saturated carbocycles. The van der Waals surface area contributed by atoms with Crippen molar-refractivity contribution in [3.8, 4) is 5.75 Å². The SMILES string of the molecule is O=C(NCCO)C(=Cc1ccc(C(F)(F)F)cc1)N(C(=O)c1ccc(OCCC2CC2)cc1)c1ccccc1. The predicted octanol–water partition coefficient (Wildman–Crippen LogP) is 5.68. The monoisotopic (exact) mass is 538 g/mol. The molecule has 204 valence electrons. The molecule has 0 radical (unpaired) electrons. The molecular weight excluding hydrogens is 509 g/mol. The molecule has 1 aliphatic rings. The van der Waals surface area contributed by atoms with Crippen LogP contribution >= 0.6 is 0 Å². The van der Waals surface area contributed by atoms with Gasteiger partial charge in [0.25, 0.3) is 11.8 Å². The Hall–Kier alpha value is -4.11. The summed E-state index contributed by atoms with van der Waals surface area (Å²) in [6.07, 6.45) is 0.292. The van der Waals surface area contributed by atoms with Crippen molar-refractivity contribution >= 4 is 23.6 Å². The number of anilines is 1. The first-order valence-electron chi connectivity index (χ1n) is 12.7. The third kappa shape index (κ3) is 7.70. The van der Waals surface area contributed by atoms with E-state index in [1.165, 1.54) is 36.0 Å². The van der Waals surface area contributed by atoms with E-state index in [1.807, 2.05) is 0 Å². The standard InChI is InChI=1S/C30H29F3N2O4/c31-30(32,33)24-12-8-22(9-13-24)20-27(28(37)34-17-18-36)35(25-4-2-1-3-5-25)29(38)23-10-14-26(15-11-23)39-19-16-21-6-7-21/h1-5,8-15,20-21,36H,6-7,16-19H2,(H,34,37). The van der Waals surface area contributed by atoms with E-state index < -0.39 is 23.6 Å². The highest BCUT2D eigenvalue weighted by Crippen LogP contribution is 2.33. The smallest absolute Gasteiger partial charge is 0.416 e. The molecule has 1 fully saturated rings. The molecule has 39 heavy (non-hydrogen) atoms. The molecular formula is C30H29F3N2O4. The van der Waals surface area contributed by atoms with Gasteiger partial charge in [0.2, 0.25) is 0 Å². The lowest BCUT2D eigenvalue weighted by molar-refractivity contribution is -0.137. The van der Waals surface area contributed by atoms with Crippen molar-refractivity contribution in [2.75, 3.05) is 24.7 Å². The highest BCUT2D eigenvalue weighted by atomic mass is 19.4. The lowest BCUT2D eigenvalue weighted by Gasteiger charge is -2.25. The maximum absolute atomic E-state index is 13.8. The van der Waals surface area contributed by atoms with Crippen molar-refractivity contribution in [1.82, 2.24) is 5.32 Å². The van der Waals surface area contributed by atoms with Gasteiger partial charge in [-0.05, 0) is 72.5 Å². The number of halogens is 3. The van der Waals surface area contributed by atoms with Crippen molar-refractivity contribution < 1.29 is 32.6 Å². The summed E-state index contributed by atoms with van der Waals surface area (Å²) in [6.45, 7) is 0.187. The number of carbonyl (C=O) groups is 2. The fourth-order valence-electron chi connectivity index (χ4n) is 3.93. The highest BCUT2D eigenvalue weighted by Gasteiger charge is 2.30. The van der Waals surface area contributed by atoms with E-state index in [0.717, 1.165) is 24.5 Å². The van der Waals surface area contributed by atoms with Gasteiger partial charge in [-0.2, -0.15) is 13.2 Å². The number of ether oxygens (including phenoxy) is 1. The summed E-state index contributed by atoms with van der Waals surface area (Å²) < 4.78 is 45.0. The van der Waals surface area contributed by atoms with Crippen LogP contribution in [0.5, 0.6) is 5.75 Å². The molecule has 0 atom stereocenters. The summed E-state index contributed by atoms with van der Waals surface area (Å²) in [4.78, 5) is 28.3. The fraction of sp³-hybridized carbons (Fsp3) is 0.267. The Labute approximate surface area is 224 Å². The number of nitrogens with one attached hydrogen (secondary N) is 1. The minimum atomic E-state index is -4.51. The Kier molecular flexibility index (Phi) is 9.03. The minimum absolute atomic E-state index is 0.0765. The Balaban J connectivity index is 1.68. The number of hydrogen-bond acceptors (Lipinski definition) is 4. The molecule has 2 N–H and O–H groups in total. The zero-order valence-electron chi connectivity index (χ0n) is 21.2. The maximum atomic E-state index is 13.8. The van der Waals surface area contributed by atoms with E-state index in [0.29, 0.717) is 18.0 Å². The summed E-state index contributed by atoms with van der Waals surface area (Å²) >= 11 is 0.